The lowest BCUT2D eigenvalue weighted by Crippen LogP contribution is -2.40. The van der Waals surface area contributed by atoms with Crippen molar-refractivity contribution in [2.24, 2.45) is 0 Å². The molecule has 2 unspecified atom stereocenters. The summed E-state index contributed by atoms with van der Waals surface area (Å²) in [6, 6.07) is 0.357. The zero-order valence-corrected chi connectivity index (χ0v) is 10.3. The molecule has 2 atom stereocenters. The van der Waals surface area contributed by atoms with Gasteiger partial charge >= 0.3 is 0 Å². The number of likely N-dealkylation sites (N-methyl/N-ethyl adjacent to an activating group) is 1. The number of nitrogens with one attached hydrogen (secondary N) is 2. The van der Waals surface area contributed by atoms with Gasteiger partial charge in [-0.2, -0.15) is 0 Å². The number of rotatable bonds is 4. The highest BCUT2D eigenvalue weighted by atomic mass is 35.5. The fourth-order valence-electron chi connectivity index (χ4n) is 1.25. The Morgan fingerprint density at radius 1 is 1.64 bits per heavy atom. The van der Waals surface area contributed by atoms with Crippen molar-refractivity contribution in [3.05, 3.63) is 0 Å². The van der Waals surface area contributed by atoms with Gasteiger partial charge in [-0.15, -0.1) is 24.2 Å². The summed E-state index contributed by atoms with van der Waals surface area (Å²) in [7, 11) is 1.90. The van der Waals surface area contributed by atoms with Crippen molar-refractivity contribution in [1.29, 1.82) is 0 Å². The Morgan fingerprint density at radius 2 is 2.36 bits per heavy atom. The molecule has 0 aromatic rings. The molecule has 1 heterocycles. The molecule has 0 radical (unpaired) electrons. The zero-order chi connectivity index (χ0) is 9.68. The number of carbonyl (C=O) groups excluding carboxylic acids is 1. The molecule has 1 fully saturated rings. The fourth-order valence-corrected chi connectivity index (χ4v) is 2.44. The lowest BCUT2D eigenvalue weighted by atomic mass is 10.2. The number of amides is 1. The normalized spacial score (nSPS) is 22.6. The summed E-state index contributed by atoms with van der Waals surface area (Å²) >= 11 is 1.78. The van der Waals surface area contributed by atoms with Crippen molar-refractivity contribution in [2.75, 3.05) is 19.3 Å². The predicted octanol–water partition coefficient (Wildman–Crippen LogP) is 1.03. The highest BCUT2D eigenvalue weighted by Gasteiger charge is 2.22. The third-order valence-electron chi connectivity index (χ3n) is 2.30. The van der Waals surface area contributed by atoms with Crippen LogP contribution >= 0.6 is 24.2 Å². The van der Waals surface area contributed by atoms with Crippen molar-refractivity contribution in [2.45, 2.75) is 31.1 Å². The van der Waals surface area contributed by atoms with Crippen molar-refractivity contribution in [3.8, 4) is 0 Å². The predicted molar refractivity (Wildman–Crippen MR) is 64.3 cm³/mol. The number of thioether (sulfide) groups is 1. The van der Waals surface area contributed by atoms with Gasteiger partial charge in [0.2, 0.25) is 5.91 Å². The molecule has 5 heteroatoms. The van der Waals surface area contributed by atoms with E-state index in [0.29, 0.717) is 6.04 Å². The maximum atomic E-state index is 11.5. The maximum absolute atomic E-state index is 11.5. The van der Waals surface area contributed by atoms with Crippen LogP contribution in [0.3, 0.4) is 0 Å². The van der Waals surface area contributed by atoms with Gasteiger partial charge in [-0.05, 0) is 32.6 Å². The molecule has 0 saturated carbocycles. The molecule has 0 aromatic carbocycles. The lowest BCUT2D eigenvalue weighted by molar-refractivity contribution is -0.120. The second kappa shape index (κ2) is 7.37. The molecule has 1 aliphatic rings. The molecule has 2 N–H and O–H groups in total. The van der Waals surface area contributed by atoms with E-state index in [4.69, 9.17) is 0 Å². The Hall–Kier alpha value is 0.0700. The molecule has 14 heavy (non-hydrogen) atoms. The van der Waals surface area contributed by atoms with Gasteiger partial charge in [0.15, 0.2) is 0 Å². The molecule has 3 nitrogen and oxygen atoms in total. The van der Waals surface area contributed by atoms with E-state index in [-0.39, 0.29) is 23.6 Å². The average molecular weight is 239 g/mol. The van der Waals surface area contributed by atoms with Crippen LogP contribution in [-0.4, -0.2) is 36.5 Å². The molecule has 0 aromatic heterocycles. The number of hydrogen-bond donors (Lipinski definition) is 2. The van der Waals surface area contributed by atoms with Gasteiger partial charge in [-0.3, -0.25) is 4.79 Å². The van der Waals surface area contributed by atoms with E-state index in [0.717, 1.165) is 18.7 Å². The molecule has 0 bridgehead atoms. The summed E-state index contributed by atoms with van der Waals surface area (Å²) in [4.78, 5) is 11.5. The minimum atomic E-state index is 0. The van der Waals surface area contributed by atoms with E-state index in [2.05, 4.69) is 17.6 Å². The van der Waals surface area contributed by atoms with E-state index < -0.39 is 0 Å². The summed E-state index contributed by atoms with van der Waals surface area (Å²) in [5.41, 5.74) is 0. The number of halogens is 1. The highest BCUT2D eigenvalue weighted by molar-refractivity contribution is 8.00. The van der Waals surface area contributed by atoms with Crippen LogP contribution in [0.2, 0.25) is 0 Å². The fraction of sp³-hybridized carbons (Fsp3) is 0.889. The maximum Gasteiger partial charge on any atom is 0.233 e. The van der Waals surface area contributed by atoms with Gasteiger partial charge in [0, 0.05) is 12.6 Å². The first-order chi connectivity index (χ1) is 6.24. The molecule has 0 spiro atoms. The highest BCUT2D eigenvalue weighted by Crippen LogP contribution is 2.25. The van der Waals surface area contributed by atoms with Crippen molar-refractivity contribution in [1.82, 2.24) is 10.6 Å². The van der Waals surface area contributed by atoms with Crippen molar-refractivity contribution in [3.63, 3.8) is 0 Å². The van der Waals surface area contributed by atoms with E-state index in [1.807, 2.05) is 7.05 Å². The van der Waals surface area contributed by atoms with Gasteiger partial charge in [0.25, 0.3) is 0 Å². The molecule has 84 valence electrons. The first-order valence-electron chi connectivity index (χ1n) is 4.80. The summed E-state index contributed by atoms with van der Waals surface area (Å²) in [5, 5.41) is 6.25. The SMILES string of the molecule is CNC(C)CNC(=O)C1CCCS1.Cl. The van der Waals surface area contributed by atoms with E-state index in [1.54, 1.807) is 11.8 Å². The Labute approximate surface area is 96.2 Å². The Kier molecular flexibility index (Phi) is 7.41. The largest absolute Gasteiger partial charge is 0.354 e. The van der Waals surface area contributed by atoms with Crippen LogP contribution in [0.15, 0.2) is 0 Å². The van der Waals surface area contributed by atoms with Crippen LogP contribution in [-0.2, 0) is 4.79 Å². The Bertz CT molecular complexity index is 174. The standard InChI is InChI=1S/C9H18N2OS.ClH/c1-7(10-2)6-11-9(12)8-4-3-5-13-8;/h7-8,10H,3-6H2,1-2H3,(H,11,12);1H. The Morgan fingerprint density at radius 3 is 2.86 bits per heavy atom. The molecule has 1 rings (SSSR count). The quantitative estimate of drug-likeness (QED) is 0.769. The third-order valence-corrected chi connectivity index (χ3v) is 3.67. The van der Waals surface area contributed by atoms with Gasteiger partial charge in [-0.25, -0.2) is 0 Å². The lowest BCUT2D eigenvalue weighted by Gasteiger charge is -2.13. The summed E-state index contributed by atoms with van der Waals surface area (Å²) in [6.45, 7) is 2.79. The van der Waals surface area contributed by atoms with E-state index in [9.17, 15) is 4.79 Å². The summed E-state index contributed by atoms with van der Waals surface area (Å²) in [5.74, 6) is 1.35. The van der Waals surface area contributed by atoms with Crippen LogP contribution in [0.1, 0.15) is 19.8 Å². The van der Waals surface area contributed by atoms with Crippen LogP contribution in [0.25, 0.3) is 0 Å². The van der Waals surface area contributed by atoms with Crippen molar-refractivity contribution >= 4 is 30.1 Å². The van der Waals surface area contributed by atoms with Gasteiger partial charge in [-0.1, -0.05) is 0 Å². The van der Waals surface area contributed by atoms with E-state index >= 15 is 0 Å². The minimum Gasteiger partial charge on any atom is -0.354 e. The number of hydrogen-bond acceptors (Lipinski definition) is 3. The van der Waals surface area contributed by atoms with Gasteiger partial charge < -0.3 is 10.6 Å². The molecule has 1 aliphatic heterocycles. The molecule has 1 amide bonds. The zero-order valence-electron chi connectivity index (χ0n) is 8.71. The molecular formula is C9H19ClN2OS. The second-order valence-electron chi connectivity index (χ2n) is 3.44. The van der Waals surface area contributed by atoms with Gasteiger partial charge in [0.1, 0.15) is 0 Å². The third kappa shape index (κ3) is 4.53. The van der Waals surface area contributed by atoms with Crippen molar-refractivity contribution < 1.29 is 4.79 Å². The van der Waals surface area contributed by atoms with Crippen LogP contribution in [0.4, 0.5) is 0 Å². The minimum absolute atomic E-state index is 0. The summed E-state index contributed by atoms with van der Waals surface area (Å²) < 4.78 is 0. The average Bonchev–Trinajstić information content (AvgIpc) is 2.66. The molecule has 0 aliphatic carbocycles. The van der Waals surface area contributed by atoms with Crippen LogP contribution in [0.5, 0.6) is 0 Å². The monoisotopic (exact) mass is 238 g/mol. The van der Waals surface area contributed by atoms with Crippen LogP contribution < -0.4 is 10.6 Å². The number of carbonyl (C=O) groups is 1. The topological polar surface area (TPSA) is 41.1 Å². The second-order valence-corrected chi connectivity index (χ2v) is 4.75. The smallest absolute Gasteiger partial charge is 0.233 e. The first-order valence-corrected chi connectivity index (χ1v) is 5.85. The Balaban J connectivity index is 0.00000169. The van der Waals surface area contributed by atoms with Crippen LogP contribution in [0, 0.1) is 0 Å². The molecular weight excluding hydrogens is 220 g/mol. The van der Waals surface area contributed by atoms with E-state index in [1.165, 1.54) is 6.42 Å². The van der Waals surface area contributed by atoms with Gasteiger partial charge in [0.05, 0.1) is 5.25 Å². The first kappa shape index (κ1) is 14.1. The molecule has 1 saturated heterocycles. The summed E-state index contributed by atoms with van der Waals surface area (Å²) in [6.07, 6.45) is 2.23.